The molecule has 1 aliphatic heterocycles. The minimum Gasteiger partial charge on any atom is -0.469 e. The van der Waals surface area contributed by atoms with Gasteiger partial charge in [0, 0.05) is 19.5 Å². The summed E-state index contributed by atoms with van der Waals surface area (Å²) in [5.74, 6) is -0.565. The maximum absolute atomic E-state index is 11.9. The fraction of sp³-hybridized carbons (Fsp3) is 0.786. The Hall–Kier alpha value is -1.59. The molecule has 6 heteroatoms. The Morgan fingerprint density at radius 2 is 1.90 bits per heavy atom. The lowest BCUT2D eigenvalue weighted by molar-refractivity contribution is -0.143. The van der Waals surface area contributed by atoms with Gasteiger partial charge in [-0.3, -0.25) is 9.59 Å². The van der Waals surface area contributed by atoms with Crippen LogP contribution in [-0.2, 0) is 19.1 Å². The van der Waals surface area contributed by atoms with Crippen LogP contribution in [0.3, 0.4) is 0 Å². The highest BCUT2D eigenvalue weighted by Crippen LogP contribution is 2.22. The number of carbonyl (C=O) groups is 3. The van der Waals surface area contributed by atoms with Crippen molar-refractivity contribution in [1.29, 1.82) is 0 Å². The Kier molecular flexibility index (Phi) is 5.53. The molecule has 0 aliphatic carbocycles. The average molecular weight is 285 g/mol. The van der Waals surface area contributed by atoms with Crippen molar-refractivity contribution in [3.05, 3.63) is 0 Å². The first kappa shape index (κ1) is 16.5. The van der Waals surface area contributed by atoms with E-state index in [1.807, 2.05) is 20.8 Å². The highest BCUT2D eigenvalue weighted by molar-refractivity contribution is 5.95. The highest BCUT2D eigenvalue weighted by Gasteiger charge is 2.31. The van der Waals surface area contributed by atoms with E-state index in [-0.39, 0.29) is 24.2 Å². The van der Waals surface area contributed by atoms with Crippen LogP contribution in [0.2, 0.25) is 0 Å². The fourth-order valence-electron chi connectivity index (χ4n) is 2.12. The van der Waals surface area contributed by atoms with E-state index in [0.717, 1.165) is 6.42 Å². The van der Waals surface area contributed by atoms with Gasteiger partial charge < -0.3 is 14.4 Å². The van der Waals surface area contributed by atoms with E-state index in [0.29, 0.717) is 19.5 Å². The van der Waals surface area contributed by atoms with E-state index in [4.69, 9.17) is 4.74 Å². The van der Waals surface area contributed by atoms with Crippen molar-refractivity contribution in [2.75, 3.05) is 20.2 Å². The molecule has 1 amide bonds. The summed E-state index contributed by atoms with van der Waals surface area (Å²) in [5, 5.41) is 0. The second-order valence-electron chi connectivity index (χ2n) is 6.08. The molecular weight excluding hydrogens is 262 g/mol. The minimum absolute atomic E-state index is 0.0969. The quantitative estimate of drug-likeness (QED) is 0.581. The molecule has 1 rings (SSSR count). The van der Waals surface area contributed by atoms with Gasteiger partial charge in [0.05, 0.1) is 7.11 Å². The van der Waals surface area contributed by atoms with E-state index in [1.165, 1.54) is 7.11 Å². The number of carbonyl (C=O) groups excluding carboxylic acids is 3. The SMILES string of the molecule is COC(=O)CC(=O)CC1CCN(C(=O)OC(C)(C)C)C1. The summed E-state index contributed by atoms with van der Waals surface area (Å²) >= 11 is 0. The van der Waals surface area contributed by atoms with Crippen LogP contribution in [0.5, 0.6) is 0 Å². The number of rotatable bonds is 4. The van der Waals surface area contributed by atoms with Gasteiger partial charge in [-0.15, -0.1) is 0 Å². The van der Waals surface area contributed by atoms with Crippen molar-refractivity contribution < 1.29 is 23.9 Å². The summed E-state index contributed by atoms with van der Waals surface area (Å²) in [6, 6.07) is 0. The smallest absolute Gasteiger partial charge is 0.410 e. The molecule has 1 fully saturated rings. The molecule has 20 heavy (non-hydrogen) atoms. The number of hydrogen-bond donors (Lipinski definition) is 0. The fourth-order valence-corrected chi connectivity index (χ4v) is 2.12. The predicted octanol–water partition coefficient (Wildman–Crippen LogP) is 1.77. The molecule has 0 bridgehead atoms. The normalized spacial score (nSPS) is 18.8. The van der Waals surface area contributed by atoms with E-state index < -0.39 is 11.6 Å². The number of Topliss-reactive ketones (excluding diaryl/α,β-unsaturated/α-hetero) is 1. The summed E-state index contributed by atoms with van der Waals surface area (Å²) in [5.41, 5.74) is -0.518. The summed E-state index contributed by atoms with van der Waals surface area (Å²) < 4.78 is 9.74. The molecule has 0 N–H and O–H groups in total. The molecule has 114 valence electrons. The third-order valence-corrected chi connectivity index (χ3v) is 3.02. The Bertz CT molecular complexity index is 386. The van der Waals surface area contributed by atoms with Crippen molar-refractivity contribution in [2.24, 2.45) is 5.92 Å². The van der Waals surface area contributed by atoms with Gasteiger partial charge in [-0.2, -0.15) is 0 Å². The van der Waals surface area contributed by atoms with Crippen LogP contribution in [0.4, 0.5) is 4.79 Å². The van der Waals surface area contributed by atoms with E-state index in [9.17, 15) is 14.4 Å². The van der Waals surface area contributed by atoms with Gasteiger partial charge in [0.15, 0.2) is 0 Å². The first-order valence-electron chi connectivity index (χ1n) is 6.77. The van der Waals surface area contributed by atoms with E-state index in [1.54, 1.807) is 4.90 Å². The van der Waals surface area contributed by atoms with Crippen molar-refractivity contribution in [1.82, 2.24) is 4.90 Å². The van der Waals surface area contributed by atoms with Gasteiger partial charge in [-0.1, -0.05) is 0 Å². The van der Waals surface area contributed by atoms with Crippen LogP contribution in [0.1, 0.15) is 40.0 Å². The van der Waals surface area contributed by atoms with E-state index in [2.05, 4.69) is 4.74 Å². The molecule has 0 radical (unpaired) electrons. The maximum Gasteiger partial charge on any atom is 0.410 e. The number of methoxy groups -OCH3 is 1. The molecule has 1 heterocycles. The number of ether oxygens (including phenoxy) is 2. The van der Waals surface area contributed by atoms with Crippen molar-refractivity contribution >= 4 is 17.8 Å². The van der Waals surface area contributed by atoms with Crippen LogP contribution in [0.15, 0.2) is 0 Å². The molecule has 0 aromatic rings. The number of nitrogens with zero attached hydrogens (tertiary/aromatic N) is 1. The van der Waals surface area contributed by atoms with Crippen molar-refractivity contribution in [3.63, 3.8) is 0 Å². The monoisotopic (exact) mass is 285 g/mol. The third-order valence-electron chi connectivity index (χ3n) is 3.02. The minimum atomic E-state index is -0.518. The van der Waals surface area contributed by atoms with Crippen LogP contribution in [0.25, 0.3) is 0 Å². The molecule has 0 aromatic heterocycles. The maximum atomic E-state index is 11.9. The first-order valence-corrected chi connectivity index (χ1v) is 6.77. The van der Waals surface area contributed by atoms with Gasteiger partial charge in [-0.05, 0) is 33.1 Å². The topological polar surface area (TPSA) is 72.9 Å². The molecule has 0 saturated carbocycles. The van der Waals surface area contributed by atoms with E-state index >= 15 is 0 Å². The van der Waals surface area contributed by atoms with Gasteiger partial charge in [0.2, 0.25) is 0 Å². The zero-order valence-electron chi connectivity index (χ0n) is 12.6. The second-order valence-corrected chi connectivity index (χ2v) is 6.08. The number of hydrogen-bond acceptors (Lipinski definition) is 5. The van der Waals surface area contributed by atoms with Crippen molar-refractivity contribution in [3.8, 4) is 0 Å². The summed E-state index contributed by atoms with van der Waals surface area (Å²) in [6.45, 7) is 6.54. The Balaban J connectivity index is 2.38. The molecule has 1 saturated heterocycles. The zero-order valence-corrected chi connectivity index (χ0v) is 12.6. The van der Waals surface area contributed by atoms with Crippen LogP contribution in [-0.4, -0.2) is 48.5 Å². The average Bonchev–Trinajstić information content (AvgIpc) is 2.74. The van der Waals surface area contributed by atoms with Gasteiger partial charge >= 0.3 is 12.1 Å². The summed E-state index contributed by atoms with van der Waals surface area (Å²) in [7, 11) is 1.26. The Labute approximate surface area is 119 Å². The molecule has 0 aromatic carbocycles. The third kappa shape index (κ3) is 5.59. The Morgan fingerprint density at radius 3 is 2.45 bits per heavy atom. The summed E-state index contributed by atoms with van der Waals surface area (Å²) in [6.07, 6.45) is 0.514. The molecule has 0 spiro atoms. The first-order chi connectivity index (χ1) is 9.21. The second kappa shape index (κ2) is 6.72. The molecular formula is C14H23NO5. The Morgan fingerprint density at radius 1 is 1.25 bits per heavy atom. The van der Waals surface area contributed by atoms with Gasteiger partial charge in [-0.25, -0.2) is 4.79 Å². The lowest BCUT2D eigenvalue weighted by atomic mass is 10.0. The largest absolute Gasteiger partial charge is 0.469 e. The lowest BCUT2D eigenvalue weighted by Gasteiger charge is -2.24. The number of esters is 1. The highest BCUT2D eigenvalue weighted by atomic mass is 16.6. The van der Waals surface area contributed by atoms with Crippen LogP contribution in [0, 0.1) is 5.92 Å². The molecule has 6 nitrogen and oxygen atoms in total. The standard InChI is InChI=1S/C14H23NO5/c1-14(2,3)20-13(18)15-6-5-10(9-15)7-11(16)8-12(17)19-4/h10H,5-9H2,1-4H3. The number of likely N-dealkylation sites (tertiary alicyclic amines) is 1. The number of ketones is 1. The molecule has 1 aliphatic rings. The predicted molar refractivity (Wildman–Crippen MR) is 72.2 cm³/mol. The van der Waals surface area contributed by atoms with Crippen LogP contribution < -0.4 is 0 Å². The summed E-state index contributed by atoms with van der Waals surface area (Å²) in [4.78, 5) is 36.1. The van der Waals surface area contributed by atoms with Crippen LogP contribution >= 0.6 is 0 Å². The molecule has 1 atom stereocenters. The van der Waals surface area contributed by atoms with Gasteiger partial charge in [0.25, 0.3) is 0 Å². The van der Waals surface area contributed by atoms with Crippen molar-refractivity contribution in [2.45, 2.75) is 45.6 Å². The van der Waals surface area contributed by atoms with Gasteiger partial charge in [0.1, 0.15) is 17.8 Å². The number of amides is 1. The molecule has 1 unspecified atom stereocenters. The zero-order chi connectivity index (χ0) is 15.3. The lowest BCUT2D eigenvalue weighted by Crippen LogP contribution is -2.35.